The Bertz CT molecular complexity index is 2030. The third kappa shape index (κ3) is 13.1. The number of hydrogen-bond donors (Lipinski definition) is 1. The fraction of sp³-hybridized carbons (Fsp3) is 0.464. The van der Waals surface area contributed by atoms with E-state index in [0.29, 0.717) is 35.6 Å². The Balaban J connectivity index is 1.21. The first kappa shape index (κ1) is 44.8. The number of anilines is 1. The summed E-state index contributed by atoms with van der Waals surface area (Å²) in [7, 11) is 0. The predicted octanol–water partition coefficient (Wildman–Crippen LogP) is 14.8. The average molecular weight is 778 g/mol. The third-order valence-corrected chi connectivity index (χ3v) is 11.7. The minimum atomic E-state index is -0.154. The summed E-state index contributed by atoms with van der Waals surface area (Å²) in [5.41, 5.74) is 14.2. The molecule has 0 saturated carbocycles. The van der Waals surface area contributed by atoms with Crippen LogP contribution in [0.5, 0.6) is 5.75 Å². The van der Waals surface area contributed by atoms with Crippen LogP contribution in [0.3, 0.4) is 0 Å². The minimum absolute atomic E-state index is 0.0127. The molecule has 0 aromatic heterocycles. The van der Waals surface area contributed by atoms with E-state index >= 15 is 0 Å². The van der Waals surface area contributed by atoms with Crippen molar-refractivity contribution in [3.63, 3.8) is 0 Å². The maximum absolute atomic E-state index is 11.7. The van der Waals surface area contributed by atoms with Crippen molar-refractivity contribution in [2.45, 2.75) is 152 Å². The van der Waals surface area contributed by atoms with Gasteiger partial charge in [0.2, 0.25) is 0 Å². The van der Waals surface area contributed by atoms with E-state index in [0.717, 1.165) is 43.2 Å². The topological polar surface area (TPSA) is 23.5 Å². The van der Waals surface area contributed by atoms with Gasteiger partial charge >= 0.3 is 0 Å². The van der Waals surface area contributed by atoms with Gasteiger partial charge in [0.05, 0.1) is 0 Å². The summed E-state index contributed by atoms with van der Waals surface area (Å²) in [6, 6.07) is 41.6. The first-order valence-electron chi connectivity index (χ1n) is 22.1. The molecule has 0 aliphatic rings. The zero-order valence-electron chi connectivity index (χ0n) is 38.5. The lowest BCUT2D eigenvalue weighted by Crippen LogP contribution is -2.34. The highest BCUT2D eigenvalue weighted by atomic mass is 16.3. The molecule has 0 amide bonds. The zero-order valence-corrected chi connectivity index (χ0v) is 38.5. The SMILES string of the molecule is CC(C)CC(C)N(Cc1cc(C(C)(C)C)cc(C(C)(C)C)c1O)c1ccc(Cc2ccc(Cc3ccc(Cc4ccc(CC(C)CC(C)(C)C)cc4)cc3)cc2)cc1. The molecule has 58 heavy (non-hydrogen) atoms. The first-order chi connectivity index (χ1) is 27.1. The smallest absolute Gasteiger partial charge is 0.124 e. The van der Waals surface area contributed by atoms with Crippen molar-refractivity contribution < 1.29 is 5.11 Å². The van der Waals surface area contributed by atoms with Crippen molar-refractivity contribution in [1.29, 1.82) is 0 Å². The summed E-state index contributed by atoms with van der Waals surface area (Å²) < 4.78 is 0. The molecule has 5 rings (SSSR count). The highest BCUT2D eigenvalue weighted by molar-refractivity contribution is 5.54. The molecule has 0 radical (unpaired) electrons. The van der Waals surface area contributed by atoms with Crippen LogP contribution < -0.4 is 4.90 Å². The monoisotopic (exact) mass is 778 g/mol. The zero-order chi connectivity index (χ0) is 42.4. The summed E-state index contributed by atoms with van der Waals surface area (Å²) in [6.45, 7) is 30.3. The third-order valence-electron chi connectivity index (χ3n) is 11.7. The number of nitrogens with zero attached hydrogens (tertiary/aromatic N) is 1. The molecule has 0 aliphatic carbocycles. The molecule has 0 heterocycles. The largest absolute Gasteiger partial charge is 0.507 e. The average Bonchev–Trinajstić information content (AvgIpc) is 3.12. The van der Waals surface area contributed by atoms with E-state index in [1.807, 2.05) is 0 Å². The van der Waals surface area contributed by atoms with Gasteiger partial charge in [-0.25, -0.2) is 0 Å². The van der Waals surface area contributed by atoms with Crippen LogP contribution >= 0.6 is 0 Å². The molecule has 5 aromatic rings. The van der Waals surface area contributed by atoms with Crippen molar-refractivity contribution in [1.82, 2.24) is 0 Å². The Morgan fingerprint density at radius 2 is 0.914 bits per heavy atom. The standard InChI is InChI=1S/C56H75NO/c1-39(2)30-41(4)57(38-49-35-50(55(8,9)10)36-52(53(49)58)56(11,12)13)51-28-26-48(27-29-51)34-47-24-22-46(23-25-47)33-45-20-18-44(19-21-45)32-43-16-14-42(15-17-43)31-40(3)37-54(5,6)7/h14-29,35-36,39-41,58H,30-34,37-38H2,1-13H3. The highest BCUT2D eigenvalue weighted by Crippen LogP contribution is 2.39. The lowest BCUT2D eigenvalue weighted by atomic mass is 9.79. The quantitative estimate of drug-likeness (QED) is 0.114. The molecule has 310 valence electrons. The number of phenols is 1. The van der Waals surface area contributed by atoms with Gasteiger partial charge in [0.1, 0.15) is 5.75 Å². The van der Waals surface area contributed by atoms with Crippen molar-refractivity contribution in [3.8, 4) is 5.75 Å². The lowest BCUT2D eigenvalue weighted by Gasteiger charge is -2.34. The van der Waals surface area contributed by atoms with Gasteiger partial charge in [-0.3, -0.25) is 0 Å². The van der Waals surface area contributed by atoms with E-state index in [-0.39, 0.29) is 10.8 Å². The molecule has 0 bridgehead atoms. The number of phenolic OH excluding ortho intramolecular Hbond substituents is 1. The van der Waals surface area contributed by atoms with Gasteiger partial charge in [-0.2, -0.15) is 0 Å². The highest BCUT2D eigenvalue weighted by Gasteiger charge is 2.27. The van der Waals surface area contributed by atoms with Gasteiger partial charge in [0, 0.05) is 23.8 Å². The normalized spacial score (nSPS) is 13.5. The van der Waals surface area contributed by atoms with Crippen molar-refractivity contribution in [3.05, 3.63) is 165 Å². The molecule has 0 aliphatic heterocycles. The van der Waals surface area contributed by atoms with Crippen LogP contribution in [-0.4, -0.2) is 11.1 Å². The Morgan fingerprint density at radius 3 is 1.28 bits per heavy atom. The van der Waals surface area contributed by atoms with Crippen LogP contribution in [-0.2, 0) is 43.1 Å². The fourth-order valence-electron chi connectivity index (χ4n) is 8.69. The predicted molar refractivity (Wildman–Crippen MR) is 252 cm³/mol. The van der Waals surface area contributed by atoms with Gasteiger partial charge < -0.3 is 10.0 Å². The molecule has 2 heteroatoms. The summed E-state index contributed by atoms with van der Waals surface area (Å²) in [5.74, 6) is 1.71. The van der Waals surface area contributed by atoms with E-state index in [1.54, 1.807) is 0 Å². The van der Waals surface area contributed by atoms with Crippen LogP contribution in [0.1, 0.15) is 158 Å². The van der Waals surface area contributed by atoms with Gasteiger partial charge in [0.15, 0.2) is 0 Å². The first-order valence-corrected chi connectivity index (χ1v) is 22.1. The van der Waals surface area contributed by atoms with Gasteiger partial charge in [-0.15, -0.1) is 0 Å². The van der Waals surface area contributed by atoms with Gasteiger partial charge in [-0.1, -0.05) is 174 Å². The van der Waals surface area contributed by atoms with Crippen LogP contribution in [0.2, 0.25) is 0 Å². The number of aromatic hydroxyl groups is 1. The molecule has 2 unspecified atom stereocenters. The maximum Gasteiger partial charge on any atom is 0.124 e. The van der Waals surface area contributed by atoms with Crippen LogP contribution in [0, 0.1) is 17.3 Å². The molecule has 0 fully saturated rings. The van der Waals surface area contributed by atoms with E-state index < -0.39 is 0 Å². The minimum Gasteiger partial charge on any atom is -0.507 e. The van der Waals surface area contributed by atoms with Crippen LogP contribution in [0.25, 0.3) is 0 Å². The Hall–Kier alpha value is -4.30. The summed E-state index contributed by atoms with van der Waals surface area (Å²) in [6.07, 6.45) is 6.28. The molecule has 2 nitrogen and oxygen atoms in total. The summed E-state index contributed by atoms with van der Waals surface area (Å²) >= 11 is 0. The number of rotatable bonds is 15. The molecule has 1 N–H and O–H groups in total. The molecule has 0 spiro atoms. The van der Waals surface area contributed by atoms with E-state index in [4.69, 9.17) is 0 Å². The lowest BCUT2D eigenvalue weighted by molar-refractivity contribution is 0.306. The van der Waals surface area contributed by atoms with Gasteiger partial charge in [-0.05, 0) is 142 Å². The second-order valence-corrected chi connectivity index (χ2v) is 21.4. The van der Waals surface area contributed by atoms with Crippen LogP contribution in [0.4, 0.5) is 5.69 Å². The Kier molecular flexibility index (Phi) is 14.5. The summed E-state index contributed by atoms with van der Waals surface area (Å²) in [4.78, 5) is 2.49. The Labute approximate surface area is 354 Å². The van der Waals surface area contributed by atoms with Crippen molar-refractivity contribution in [2.24, 2.45) is 17.3 Å². The molecular formula is C56H75NO. The summed E-state index contributed by atoms with van der Waals surface area (Å²) in [5, 5.41) is 11.7. The van der Waals surface area contributed by atoms with Crippen LogP contribution in [0.15, 0.2) is 109 Å². The van der Waals surface area contributed by atoms with E-state index in [9.17, 15) is 5.11 Å². The number of benzene rings is 5. The number of hydrogen-bond acceptors (Lipinski definition) is 2. The van der Waals surface area contributed by atoms with Crippen molar-refractivity contribution >= 4 is 5.69 Å². The molecule has 5 aromatic carbocycles. The van der Waals surface area contributed by atoms with E-state index in [2.05, 4.69) is 204 Å². The van der Waals surface area contributed by atoms with Crippen molar-refractivity contribution in [2.75, 3.05) is 4.90 Å². The Morgan fingerprint density at radius 1 is 0.517 bits per heavy atom. The maximum atomic E-state index is 11.7. The fourth-order valence-corrected chi connectivity index (χ4v) is 8.69. The molecule has 0 saturated heterocycles. The molecular weight excluding hydrogens is 703 g/mol. The van der Waals surface area contributed by atoms with Gasteiger partial charge in [0.25, 0.3) is 0 Å². The second-order valence-electron chi connectivity index (χ2n) is 21.4. The molecule has 2 atom stereocenters. The van der Waals surface area contributed by atoms with E-state index in [1.165, 1.54) is 56.6 Å². The second kappa shape index (κ2) is 18.7.